The molecule has 0 amide bonds. The van der Waals surface area contributed by atoms with Gasteiger partial charge in [-0.15, -0.1) is 11.8 Å². The number of hydrogen-bond acceptors (Lipinski definition) is 4. The Hall–Kier alpha value is -1.91. The van der Waals surface area contributed by atoms with Gasteiger partial charge in [0.15, 0.2) is 0 Å². The average Bonchev–Trinajstić information content (AvgIpc) is 2.60. The van der Waals surface area contributed by atoms with Gasteiger partial charge in [-0.2, -0.15) is 10.5 Å². The third-order valence-corrected chi connectivity index (χ3v) is 3.76. The second-order valence-corrected chi connectivity index (χ2v) is 5.78. The SMILES string of the molecule is CCSC1=CC(=C(C#N)C#N)C=CC(C(C)C)=C1OC. The Bertz CT molecular complexity index is 565. The first kappa shape index (κ1) is 16.1. The number of thioether (sulfide) groups is 1. The van der Waals surface area contributed by atoms with Gasteiger partial charge in [-0.1, -0.05) is 32.9 Å². The second-order valence-electron chi connectivity index (χ2n) is 4.47. The number of methoxy groups -OCH3 is 1. The molecule has 0 saturated carbocycles. The summed E-state index contributed by atoms with van der Waals surface area (Å²) in [6.45, 7) is 6.25. The van der Waals surface area contributed by atoms with E-state index in [1.807, 2.05) is 30.4 Å². The maximum atomic E-state index is 9.04. The quantitative estimate of drug-likeness (QED) is 0.730. The molecule has 0 saturated heterocycles. The second kappa shape index (κ2) is 7.62. The maximum absolute atomic E-state index is 9.04. The smallest absolute Gasteiger partial charge is 0.136 e. The third kappa shape index (κ3) is 3.56. The molecule has 1 aliphatic carbocycles. The van der Waals surface area contributed by atoms with Crippen LogP contribution in [-0.4, -0.2) is 12.9 Å². The Kier molecular flexibility index (Phi) is 6.15. The summed E-state index contributed by atoms with van der Waals surface area (Å²) >= 11 is 1.65. The summed E-state index contributed by atoms with van der Waals surface area (Å²) in [6.07, 6.45) is 5.62. The Morgan fingerprint density at radius 2 is 1.95 bits per heavy atom. The lowest BCUT2D eigenvalue weighted by molar-refractivity contribution is 0.298. The lowest BCUT2D eigenvalue weighted by atomic mass is 10.0. The van der Waals surface area contributed by atoms with Crippen LogP contribution < -0.4 is 0 Å². The van der Waals surface area contributed by atoms with E-state index in [2.05, 4.69) is 20.8 Å². The van der Waals surface area contributed by atoms with Crippen molar-refractivity contribution >= 4 is 11.8 Å². The number of ether oxygens (including phenoxy) is 1. The number of allylic oxidation sites excluding steroid dienone is 6. The Balaban J connectivity index is 3.51. The van der Waals surface area contributed by atoms with Crippen LogP contribution in [0.15, 0.2) is 45.6 Å². The van der Waals surface area contributed by atoms with Crippen molar-refractivity contribution in [3.05, 3.63) is 45.6 Å². The molecule has 0 fully saturated rings. The van der Waals surface area contributed by atoms with Crippen LogP contribution in [0.1, 0.15) is 20.8 Å². The molecular formula is C16H18N2OS. The number of nitrogens with zero attached hydrogens (tertiary/aromatic N) is 2. The fourth-order valence-electron chi connectivity index (χ4n) is 1.90. The highest BCUT2D eigenvalue weighted by atomic mass is 32.2. The van der Waals surface area contributed by atoms with Crippen LogP contribution in [0.3, 0.4) is 0 Å². The van der Waals surface area contributed by atoms with E-state index in [0.29, 0.717) is 11.5 Å². The van der Waals surface area contributed by atoms with E-state index in [9.17, 15) is 0 Å². The van der Waals surface area contributed by atoms with E-state index in [-0.39, 0.29) is 5.57 Å². The highest BCUT2D eigenvalue weighted by molar-refractivity contribution is 8.03. The van der Waals surface area contributed by atoms with Crippen molar-refractivity contribution < 1.29 is 4.74 Å². The molecule has 4 heteroatoms. The highest BCUT2D eigenvalue weighted by Crippen LogP contribution is 2.34. The minimum atomic E-state index is 0.121. The lowest BCUT2D eigenvalue weighted by Crippen LogP contribution is -2.00. The van der Waals surface area contributed by atoms with Gasteiger partial charge in [0, 0.05) is 5.57 Å². The first-order valence-corrected chi connectivity index (χ1v) is 7.43. The monoisotopic (exact) mass is 286 g/mol. The summed E-state index contributed by atoms with van der Waals surface area (Å²) in [4.78, 5) is 0.960. The lowest BCUT2D eigenvalue weighted by Gasteiger charge is -2.15. The van der Waals surface area contributed by atoms with Gasteiger partial charge in [0.1, 0.15) is 23.5 Å². The molecule has 3 nitrogen and oxygen atoms in total. The van der Waals surface area contributed by atoms with Gasteiger partial charge in [0.25, 0.3) is 0 Å². The Morgan fingerprint density at radius 1 is 1.30 bits per heavy atom. The molecule has 0 atom stereocenters. The van der Waals surface area contributed by atoms with Crippen molar-refractivity contribution in [2.45, 2.75) is 20.8 Å². The summed E-state index contributed by atoms with van der Waals surface area (Å²) in [5, 5.41) is 18.1. The average molecular weight is 286 g/mol. The first-order chi connectivity index (χ1) is 9.58. The third-order valence-electron chi connectivity index (χ3n) is 2.85. The minimum absolute atomic E-state index is 0.121. The Morgan fingerprint density at radius 3 is 2.40 bits per heavy atom. The summed E-state index contributed by atoms with van der Waals surface area (Å²) in [7, 11) is 1.65. The molecular weight excluding hydrogens is 268 g/mol. The van der Waals surface area contributed by atoms with E-state index in [0.717, 1.165) is 22.0 Å². The molecule has 0 radical (unpaired) electrons. The summed E-state index contributed by atoms with van der Waals surface area (Å²) < 4.78 is 5.56. The van der Waals surface area contributed by atoms with E-state index >= 15 is 0 Å². The van der Waals surface area contributed by atoms with Crippen LogP contribution in [0.2, 0.25) is 0 Å². The minimum Gasteiger partial charge on any atom is -0.495 e. The van der Waals surface area contributed by atoms with E-state index < -0.39 is 0 Å². The van der Waals surface area contributed by atoms with Gasteiger partial charge in [-0.25, -0.2) is 0 Å². The summed E-state index contributed by atoms with van der Waals surface area (Å²) in [5.74, 6) is 2.02. The van der Waals surface area contributed by atoms with Crippen molar-refractivity contribution in [1.29, 1.82) is 10.5 Å². The molecule has 1 aliphatic rings. The fourth-order valence-corrected chi connectivity index (χ4v) is 2.75. The molecule has 0 aromatic rings. The zero-order valence-corrected chi connectivity index (χ0v) is 13.0. The topological polar surface area (TPSA) is 56.8 Å². The van der Waals surface area contributed by atoms with Gasteiger partial charge in [0.05, 0.1) is 12.0 Å². The van der Waals surface area contributed by atoms with Crippen LogP contribution in [-0.2, 0) is 4.74 Å². The van der Waals surface area contributed by atoms with Gasteiger partial charge in [-0.3, -0.25) is 0 Å². The normalized spacial score (nSPS) is 14.6. The number of hydrogen-bond donors (Lipinski definition) is 0. The number of nitriles is 2. The molecule has 0 unspecified atom stereocenters. The molecule has 0 aromatic heterocycles. The molecule has 1 rings (SSSR count). The zero-order chi connectivity index (χ0) is 15.1. The van der Waals surface area contributed by atoms with Crippen molar-refractivity contribution in [2.75, 3.05) is 12.9 Å². The number of rotatable bonds is 4. The molecule has 0 aromatic carbocycles. The maximum Gasteiger partial charge on any atom is 0.136 e. The van der Waals surface area contributed by atoms with Gasteiger partial charge < -0.3 is 4.74 Å². The van der Waals surface area contributed by atoms with Gasteiger partial charge in [-0.05, 0) is 23.3 Å². The molecule has 0 bridgehead atoms. The molecule has 104 valence electrons. The van der Waals surface area contributed by atoms with Crippen LogP contribution in [0.5, 0.6) is 0 Å². The largest absolute Gasteiger partial charge is 0.495 e. The molecule has 0 N–H and O–H groups in total. The summed E-state index contributed by atoms with van der Waals surface area (Å²) in [6, 6.07) is 3.89. The van der Waals surface area contributed by atoms with Crippen molar-refractivity contribution in [1.82, 2.24) is 0 Å². The van der Waals surface area contributed by atoms with E-state index in [1.54, 1.807) is 18.9 Å². The first-order valence-electron chi connectivity index (χ1n) is 6.44. The van der Waals surface area contributed by atoms with Crippen LogP contribution >= 0.6 is 11.8 Å². The molecule has 20 heavy (non-hydrogen) atoms. The molecule has 0 spiro atoms. The highest BCUT2D eigenvalue weighted by Gasteiger charge is 2.18. The van der Waals surface area contributed by atoms with Crippen molar-refractivity contribution in [3.8, 4) is 12.1 Å². The molecule has 0 heterocycles. The fraction of sp³-hybridized carbons (Fsp3) is 0.375. The standard InChI is InChI=1S/C16H18N2OS/c1-5-20-15-8-12(13(9-17)10-18)6-7-14(11(2)3)16(15)19-4/h6-8,11H,5H2,1-4H3. The predicted molar refractivity (Wildman–Crippen MR) is 82.5 cm³/mol. The van der Waals surface area contributed by atoms with Gasteiger partial charge >= 0.3 is 0 Å². The predicted octanol–water partition coefficient (Wildman–Crippen LogP) is 4.09. The summed E-state index contributed by atoms with van der Waals surface area (Å²) in [5.41, 5.74) is 1.83. The van der Waals surface area contributed by atoms with Crippen LogP contribution in [0.25, 0.3) is 0 Å². The zero-order valence-electron chi connectivity index (χ0n) is 12.2. The van der Waals surface area contributed by atoms with E-state index in [4.69, 9.17) is 15.3 Å². The molecule has 0 aliphatic heterocycles. The van der Waals surface area contributed by atoms with Gasteiger partial charge in [0.2, 0.25) is 0 Å². The van der Waals surface area contributed by atoms with Crippen molar-refractivity contribution in [3.63, 3.8) is 0 Å². The van der Waals surface area contributed by atoms with E-state index in [1.165, 1.54) is 0 Å². The van der Waals surface area contributed by atoms with Crippen LogP contribution in [0, 0.1) is 28.6 Å². The Labute approximate surface area is 124 Å². The van der Waals surface area contributed by atoms with Crippen molar-refractivity contribution in [2.24, 2.45) is 5.92 Å². The van der Waals surface area contributed by atoms with Crippen LogP contribution in [0.4, 0.5) is 0 Å².